The summed E-state index contributed by atoms with van der Waals surface area (Å²) in [7, 11) is 0.925. The maximum atomic E-state index is 12.7. The van der Waals surface area contributed by atoms with E-state index in [0.29, 0.717) is 6.61 Å². The Morgan fingerprint density at radius 1 is 1.39 bits per heavy atom. The van der Waals surface area contributed by atoms with Crippen LogP contribution in [-0.2, 0) is 15.5 Å². The quantitative estimate of drug-likeness (QED) is 0.907. The largest absolute Gasteiger partial charge is 0.380 e. The van der Waals surface area contributed by atoms with Gasteiger partial charge in [0.15, 0.2) is 0 Å². The molecule has 0 bridgehead atoms. The molecule has 1 N–H and O–H groups in total. The molecular formula is C14H21NO2S. The van der Waals surface area contributed by atoms with Crippen molar-refractivity contribution in [1.82, 2.24) is 5.32 Å². The van der Waals surface area contributed by atoms with Crippen molar-refractivity contribution in [3.8, 4) is 0 Å². The van der Waals surface area contributed by atoms with Gasteiger partial charge < -0.3 is 10.1 Å². The second-order valence-electron chi connectivity index (χ2n) is 4.86. The highest BCUT2D eigenvalue weighted by Gasteiger charge is 2.30. The van der Waals surface area contributed by atoms with Gasteiger partial charge in [0, 0.05) is 17.5 Å². The van der Waals surface area contributed by atoms with E-state index in [1.165, 1.54) is 0 Å². The van der Waals surface area contributed by atoms with Crippen LogP contribution in [0.15, 0.2) is 23.1 Å². The lowest BCUT2D eigenvalue weighted by Gasteiger charge is -2.31. The second kappa shape index (κ2) is 5.95. The van der Waals surface area contributed by atoms with E-state index in [2.05, 4.69) is 11.4 Å². The summed E-state index contributed by atoms with van der Waals surface area (Å²) in [5.41, 5.74) is 2.25. The van der Waals surface area contributed by atoms with Gasteiger partial charge in [-0.2, -0.15) is 0 Å². The Balaban J connectivity index is 2.26. The molecular weight excluding hydrogens is 246 g/mol. The smallest absolute Gasteiger partial charge is 0.0782 e. The van der Waals surface area contributed by atoms with E-state index in [4.69, 9.17) is 4.74 Å². The van der Waals surface area contributed by atoms with Crippen LogP contribution < -0.4 is 5.32 Å². The highest BCUT2D eigenvalue weighted by molar-refractivity contribution is 7.85. The molecule has 1 fully saturated rings. The van der Waals surface area contributed by atoms with Gasteiger partial charge in [0.05, 0.1) is 22.7 Å². The summed E-state index contributed by atoms with van der Waals surface area (Å²) in [6, 6.07) is 6.41. The predicted octanol–water partition coefficient (Wildman–Crippen LogP) is 1.79. The minimum absolute atomic E-state index is 0.0456. The zero-order valence-corrected chi connectivity index (χ0v) is 12.0. The fraction of sp³-hybridized carbons (Fsp3) is 0.571. The number of hydrogen-bond donors (Lipinski definition) is 1. The third-order valence-corrected chi connectivity index (χ3v) is 5.40. The van der Waals surface area contributed by atoms with Gasteiger partial charge in [0.2, 0.25) is 0 Å². The Labute approximate surface area is 111 Å². The number of benzene rings is 1. The molecule has 0 aliphatic carbocycles. The van der Waals surface area contributed by atoms with Gasteiger partial charge in [-0.1, -0.05) is 12.1 Å². The van der Waals surface area contributed by atoms with Gasteiger partial charge in [0.25, 0.3) is 0 Å². The zero-order valence-electron chi connectivity index (χ0n) is 11.2. The third kappa shape index (κ3) is 2.82. The lowest BCUT2D eigenvalue weighted by atomic mass is 10.1. The van der Waals surface area contributed by atoms with Gasteiger partial charge in [-0.05, 0) is 44.5 Å². The standard InChI is InChI=1S/C14H21NO2S/c1-10-4-5-11(2)13(8-10)18(16)14-9-17-7-6-12(14)15-3/h4-5,8,12,14-15H,6-7,9H2,1-3H3. The topological polar surface area (TPSA) is 38.3 Å². The van der Waals surface area contributed by atoms with Crippen LogP contribution in [0.1, 0.15) is 17.5 Å². The van der Waals surface area contributed by atoms with Gasteiger partial charge in [-0.25, -0.2) is 0 Å². The molecule has 3 atom stereocenters. The van der Waals surface area contributed by atoms with Crippen LogP contribution in [0.4, 0.5) is 0 Å². The first-order chi connectivity index (χ1) is 8.63. The average Bonchev–Trinajstić information content (AvgIpc) is 2.40. The van der Waals surface area contributed by atoms with Gasteiger partial charge in [0.1, 0.15) is 0 Å². The van der Waals surface area contributed by atoms with Crippen LogP contribution in [0.5, 0.6) is 0 Å². The number of nitrogens with one attached hydrogen (secondary N) is 1. The molecule has 1 aliphatic heterocycles. The summed E-state index contributed by atoms with van der Waals surface area (Å²) in [5.74, 6) is 0. The molecule has 0 amide bonds. The molecule has 2 rings (SSSR count). The van der Waals surface area contributed by atoms with Crippen molar-refractivity contribution in [1.29, 1.82) is 0 Å². The molecule has 0 radical (unpaired) electrons. The van der Waals surface area contributed by atoms with Crippen LogP contribution in [0.3, 0.4) is 0 Å². The lowest BCUT2D eigenvalue weighted by molar-refractivity contribution is 0.0838. The summed E-state index contributed by atoms with van der Waals surface area (Å²) < 4.78 is 18.2. The van der Waals surface area contributed by atoms with E-state index in [1.807, 2.05) is 33.0 Å². The summed E-state index contributed by atoms with van der Waals surface area (Å²) in [6.07, 6.45) is 0.928. The SMILES string of the molecule is CNC1CCOCC1S(=O)c1cc(C)ccc1C. The van der Waals surface area contributed by atoms with Gasteiger partial charge in [-0.15, -0.1) is 0 Å². The van der Waals surface area contributed by atoms with Gasteiger partial charge >= 0.3 is 0 Å². The summed E-state index contributed by atoms with van der Waals surface area (Å²) in [6.45, 7) is 5.38. The molecule has 1 saturated heterocycles. The number of aryl methyl sites for hydroxylation is 2. The molecule has 100 valence electrons. The molecule has 18 heavy (non-hydrogen) atoms. The van der Waals surface area contributed by atoms with Crippen LogP contribution in [0.2, 0.25) is 0 Å². The Bertz CT molecular complexity index is 447. The monoisotopic (exact) mass is 267 g/mol. The first-order valence-electron chi connectivity index (χ1n) is 6.36. The van der Waals surface area contributed by atoms with Crippen molar-refractivity contribution < 1.29 is 8.95 Å². The fourth-order valence-corrected chi connectivity index (χ4v) is 4.14. The minimum atomic E-state index is -1.01. The average molecular weight is 267 g/mol. The molecule has 1 heterocycles. The lowest BCUT2D eigenvalue weighted by Crippen LogP contribution is -2.47. The summed E-state index contributed by atoms with van der Waals surface area (Å²) in [4.78, 5) is 0.950. The molecule has 4 heteroatoms. The van der Waals surface area contributed by atoms with E-state index in [9.17, 15) is 4.21 Å². The zero-order chi connectivity index (χ0) is 13.1. The maximum absolute atomic E-state index is 12.7. The van der Waals surface area contributed by atoms with Crippen molar-refractivity contribution in [3.63, 3.8) is 0 Å². The molecule has 0 spiro atoms. The van der Waals surface area contributed by atoms with E-state index in [1.54, 1.807) is 0 Å². The highest BCUT2D eigenvalue weighted by Crippen LogP contribution is 2.23. The van der Waals surface area contributed by atoms with Crippen molar-refractivity contribution in [3.05, 3.63) is 29.3 Å². The highest BCUT2D eigenvalue weighted by atomic mass is 32.2. The molecule has 1 aromatic carbocycles. The summed E-state index contributed by atoms with van der Waals surface area (Å²) in [5, 5.41) is 3.31. The normalized spacial score (nSPS) is 25.9. The Hall–Kier alpha value is -0.710. The Morgan fingerprint density at radius 3 is 2.89 bits per heavy atom. The summed E-state index contributed by atoms with van der Waals surface area (Å²) >= 11 is 0. The van der Waals surface area contributed by atoms with E-state index < -0.39 is 10.8 Å². The Morgan fingerprint density at radius 2 is 2.17 bits per heavy atom. The first-order valence-corrected chi connectivity index (χ1v) is 7.57. The van der Waals surface area contributed by atoms with Crippen molar-refractivity contribution in [2.24, 2.45) is 0 Å². The van der Waals surface area contributed by atoms with E-state index in [-0.39, 0.29) is 11.3 Å². The van der Waals surface area contributed by atoms with E-state index >= 15 is 0 Å². The van der Waals surface area contributed by atoms with Crippen molar-refractivity contribution in [2.45, 2.75) is 36.5 Å². The number of hydrogen-bond acceptors (Lipinski definition) is 3. The van der Waals surface area contributed by atoms with Crippen LogP contribution in [0, 0.1) is 13.8 Å². The van der Waals surface area contributed by atoms with Crippen LogP contribution in [-0.4, -0.2) is 35.8 Å². The van der Waals surface area contributed by atoms with Gasteiger partial charge in [-0.3, -0.25) is 4.21 Å². The maximum Gasteiger partial charge on any atom is 0.0782 e. The fourth-order valence-electron chi connectivity index (χ4n) is 2.34. The molecule has 1 aromatic rings. The van der Waals surface area contributed by atoms with Crippen LogP contribution >= 0.6 is 0 Å². The first kappa shape index (κ1) is 13.7. The molecule has 1 aliphatic rings. The third-order valence-electron chi connectivity index (χ3n) is 3.51. The van der Waals surface area contributed by atoms with E-state index in [0.717, 1.165) is 29.1 Å². The predicted molar refractivity (Wildman–Crippen MR) is 74.4 cm³/mol. The molecule has 0 aromatic heterocycles. The second-order valence-corrected chi connectivity index (χ2v) is 6.50. The van der Waals surface area contributed by atoms with Crippen molar-refractivity contribution >= 4 is 10.8 Å². The molecule has 0 saturated carbocycles. The molecule has 3 unspecified atom stereocenters. The number of rotatable bonds is 3. The van der Waals surface area contributed by atoms with Crippen LogP contribution in [0.25, 0.3) is 0 Å². The number of ether oxygens (including phenoxy) is 1. The Kier molecular flexibility index (Phi) is 4.54. The van der Waals surface area contributed by atoms with Crippen molar-refractivity contribution in [2.75, 3.05) is 20.3 Å². The minimum Gasteiger partial charge on any atom is -0.380 e. The molecule has 3 nitrogen and oxygen atoms in total.